The molecule has 0 radical (unpaired) electrons. The molecular formula is C18H13ClN2O. The maximum atomic E-state index is 12.1. The number of anilines is 1. The van der Waals surface area contributed by atoms with Gasteiger partial charge in [-0.25, -0.2) is 0 Å². The number of amides is 1. The molecule has 0 aliphatic carbocycles. The predicted molar refractivity (Wildman–Crippen MR) is 90.9 cm³/mol. The van der Waals surface area contributed by atoms with Gasteiger partial charge in [0.25, 0.3) is 0 Å². The second-order valence-electron chi connectivity index (χ2n) is 4.75. The van der Waals surface area contributed by atoms with Crippen molar-refractivity contribution in [2.24, 2.45) is 0 Å². The lowest BCUT2D eigenvalue weighted by Crippen LogP contribution is -2.08. The molecule has 0 spiro atoms. The van der Waals surface area contributed by atoms with Crippen molar-refractivity contribution in [3.63, 3.8) is 0 Å². The zero-order chi connectivity index (χ0) is 15.4. The first-order valence-corrected chi connectivity index (χ1v) is 7.18. The van der Waals surface area contributed by atoms with Gasteiger partial charge in [0.15, 0.2) is 0 Å². The lowest BCUT2D eigenvalue weighted by atomic mass is 10.2. The van der Waals surface area contributed by atoms with Gasteiger partial charge in [0, 0.05) is 22.7 Å². The second kappa shape index (κ2) is 6.41. The Labute approximate surface area is 133 Å². The Hall–Kier alpha value is -2.65. The monoisotopic (exact) mass is 308 g/mol. The molecule has 0 saturated heterocycles. The minimum atomic E-state index is -0.189. The van der Waals surface area contributed by atoms with Crippen LogP contribution < -0.4 is 5.32 Å². The fourth-order valence-corrected chi connectivity index (χ4v) is 2.31. The highest BCUT2D eigenvalue weighted by Crippen LogP contribution is 2.24. The van der Waals surface area contributed by atoms with Crippen molar-refractivity contribution in [1.29, 1.82) is 0 Å². The molecule has 3 rings (SSSR count). The second-order valence-corrected chi connectivity index (χ2v) is 5.19. The summed E-state index contributed by atoms with van der Waals surface area (Å²) < 4.78 is 0. The summed E-state index contributed by atoms with van der Waals surface area (Å²) in [6.45, 7) is 0. The number of hydrogen-bond acceptors (Lipinski definition) is 2. The Morgan fingerprint density at radius 3 is 2.73 bits per heavy atom. The smallest absolute Gasteiger partial charge is 0.248 e. The average molecular weight is 309 g/mol. The molecule has 1 amide bonds. The van der Waals surface area contributed by atoms with Crippen molar-refractivity contribution in [2.45, 2.75) is 0 Å². The van der Waals surface area contributed by atoms with E-state index in [4.69, 9.17) is 11.6 Å². The Balaban J connectivity index is 1.81. The Bertz CT molecular complexity index is 844. The van der Waals surface area contributed by atoms with Crippen LogP contribution in [0.25, 0.3) is 17.0 Å². The van der Waals surface area contributed by atoms with Crippen molar-refractivity contribution in [3.05, 3.63) is 77.5 Å². The lowest BCUT2D eigenvalue weighted by molar-refractivity contribution is -0.111. The van der Waals surface area contributed by atoms with E-state index in [1.165, 1.54) is 6.08 Å². The summed E-state index contributed by atoms with van der Waals surface area (Å²) in [7, 11) is 0. The van der Waals surface area contributed by atoms with Gasteiger partial charge in [-0.2, -0.15) is 0 Å². The van der Waals surface area contributed by atoms with Crippen LogP contribution in [0.15, 0.2) is 66.9 Å². The molecule has 3 aromatic rings. The first kappa shape index (κ1) is 14.3. The highest BCUT2D eigenvalue weighted by Gasteiger charge is 2.04. The van der Waals surface area contributed by atoms with E-state index in [1.807, 2.05) is 36.4 Å². The molecular weight excluding hydrogens is 296 g/mol. The fourth-order valence-electron chi connectivity index (χ4n) is 2.14. The summed E-state index contributed by atoms with van der Waals surface area (Å²) in [5.41, 5.74) is 2.44. The summed E-state index contributed by atoms with van der Waals surface area (Å²) in [5, 5.41) is 4.34. The molecule has 22 heavy (non-hydrogen) atoms. The molecule has 0 aliphatic rings. The number of benzene rings is 2. The van der Waals surface area contributed by atoms with Gasteiger partial charge in [0.05, 0.1) is 11.2 Å². The van der Waals surface area contributed by atoms with Crippen LogP contribution in [0, 0.1) is 0 Å². The van der Waals surface area contributed by atoms with E-state index in [-0.39, 0.29) is 5.91 Å². The number of carbonyl (C=O) groups excluding carboxylic acids is 1. The Morgan fingerprint density at radius 1 is 1.09 bits per heavy atom. The number of halogens is 1. The van der Waals surface area contributed by atoms with Crippen LogP contribution in [0.3, 0.4) is 0 Å². The molecule has 1 heterocycles. The highest BCUT2D eigenvalue weighted by atomic mass is 35.5. The summed E-state index contributed by atoms with van der Waals surface area (Å²) >= 11 is 5.96. The molecule has 2 aromatic carbocycles. The van der Waals surface area contributed by atoms with Crippen molar-refractivity contribution in [3.8, 4) is 0 Å². The third-order valence-corrected chi connectivity index (χ3v) is 3.42. The van der Waals surface area contributed by atoms with Gasteiger partial charge >= 0.3 is 0 Å². The molecule has 0 aliphatic heterocycles. The van der Waals surface area contributed by atoms with E-state index in [1.54, 1.807) is 30.5 Å². The first-order chi connectivity index (χ1) is 10.7. The van der Waals surface area contributed by atoms with Crippen LogP contribution >= 0.6 is 11.6 Å². The van der Waals surface area contributed by atoms with Crippen molar-refractivity contribution in [2.75, 3.05) is 5.32 Å². The van der Waals surface area contributed by atoms with Gasteiger partial charge in [-0.1, -0.05) is 41.9 Å². The van der Waals surface area contributed by atoms with Crippen molar-refractivity contribution >= 4 is 40.2 Å². The quantitative estimate of drug-likeness (QED) is 0.722. The topological polar surface area (TPSA) is 42.0 Å². The maximum Gasteiger partial charge on any atom is 0.248 e. The van der Waals surface area contributed by atoms with Crippen LogP contribution in [0.2, 0.25) is 5.02 Å². The van der Waals surface area contributed by atoms with Gasteiger partial charge in [-0.15, -0.1) is 0 Å². The van der Waals surface area contributed by atoms with Crippen LogP contribution in [-0.4, -0.2) is 10.9 Å². The Morgan fingerprint density at radius 2 is 1.91 bits per heavy atom. The van der Waals surface area contributed by atoms with Gasteiger partial charge in [-0.3, -0.25) is 9.78 Å². The number of hydrogen-bond donors (Lipinski definition) is 1. The number of nitrogens with zero attached hydrogens (tertiary/aromatic N) is 1. The number of pyridine rings is 1. The van der Waals surface area contributed by atoms with Crippen molar-refractivity contribution < 1.29 is 4.79 Å². The Kier molecular flexibility index (Phi) is 4.17. The predicted octanol–water partition coefficient (Wildman–Crippen LogP) is 4.54. The largest absolute Gasteiger partial charge is 0.322 e. The molecule has 0 fully saturated rings. The third kappa shape index (κ3) is 3.32. The maximum absolute atomic E-state index is 12.1. The lowest BCUT2D eigenvalue weighted by Gasteiger charge is -2.06. The van der Waals surface area contributed by atoms with Crippen LogP contribution in [0.4, 0.5) is 5.69 Å². The third-order valence-electron chi connectivity index (χ3n) is 3.19. The van der Waals surface area contributed by atoms with Crippen LogP contribution in [-0.2, 0) is 4.79 Å². The van der Waals surface area contributed by atoms with Gasteiger partial charge in [-0.05, 0) is 35.9 Å². The van der Waals surface area contributed by atoms with Crippen LogP contribution in [0.5, 0.6) is 0 Å². The molecule has 3 nitrogen and oxygen atoms in total. The highest BCUT2D eigenvalue weighted by molar-refractivity contribution is 6.31. The summed E-state index contributed by atoms with van der Waals surface area (Å²) in [5.74, 6) is -0.189. The number of rotatable bonds is 3. The standard InChI is InChI=1S/C18H13ClN2O/c19-14-7-8-15-16(10-11-20-17(15)12-14)21-18(22)9-6-13-4-2-1-3-5-13/h1-12H,(H,20,21,22)/b9-6+. The molecule has 0 atom stereocenters. The van der Waals surface area contributed by atoms with E-state index >= 15 is 0 Å². The molecule has 0 bridgehead atoms. The first-order valence-electron chi connectivity index (χ1n) is 6.81. The zero-order valence-electron chi connectivity index (χ0n) is 11.7. The van der Waals surface area contributed by atoms with Gasteiger partial charge < -0.3 is 5.32 Å². The number of carbonyl (C=O) groups is 1. The van der Waals surface area contributed by atoms with Crippen molar-refractivity contribution in [1.82, 2.24) is 4.98 Å². The van der Waals surface area contributed by atoms with Gasteiger partial charge in [0.2, 0.25) is 5.91 Å². The number of nitrogens with one attached hydrogen (secondary N) is 1. The normalized spacial score (nSPS) is 11.0. The summed E-state index contributed by atoms with van der Waals surface area (Å²) in [6, 6.07) is 16.8. The minimum absolute atomic E-state index is 0.189. The van der Waals surface area contributed by atoms with E-state index in [0.29, 0.717) is 10.7 Å². The molecule has 4 heteroatoms. The SMILES string of the molecule is O=C(/C=C/c1ccccc1)Nc1ccnc2cc(Cl)ccc12. The fraction of sp³-hybridized carbons (Fsp3) is 0. The average Bonchev–Trinajstić information content (AvgIpc) is 2.54. The number of fused-ring (bicyclic) bond motifs is 1. The molecule has 0 saturated carbocycles. The van der Waals surface area contributed by atoms with E-state index in [9.17, 15) is 4.79 Å². The van der Waals surface area contributed by atoms with E-state index in [0.717, 1.165) is 16.5 Å². The summed E-state index contributed by atoms with van der Waals surface area (Å²) in [4.78, 5) is 16.3. The molecule has 1 N–H and O–H groups in total. The molecule has 0 unspecified atom stereocenters. The minimum Gasteiger partial charge on any atom is -0.322 e. The molecule has 108 valence electrons. The summed E-state index contributed by atoms with van der Waals surface area (Å²) in [6.07, 6.45) is 4.93. The number of aromatic nitrogens is 1. The van der Waals surface area contributed by atoms with Gasteiger partial charge in [0.1, 0.15) is 0 Å². The van der Waals surface area contributed by atoms with E-state index < -0.39 is 0 Å². The molecule has 1 aromatic heterocycles. The van der Waals surface area contributed by atoms with E-state index in [2.05, 4.69) is 10.3 Å². The van der Waals surface area contributed by atoms with Crippen LogP contribution in [0.1, 0.15) is 5.56 Å². The zero-order valence-corrected chi connectivity index (χ0v) is 12.4.